The number of halogens is 1. The van der Waals surface area contributed by atoms with E-state index in [1.54, 1.807) is 43.3 Å². The maximum Gasteiger partial charge on any atom is 0.338 e. The average molecular weight is 627 g/mol. The van der Waals surface area contributed by atoms with Crippen LogP contribution in [0.2, 0.25) is 0 Å². The molecule has 0 aliphatic rings. The normalized spacial score (nSPS) is 10.7. The van der Waals surface area contributed by atoms with Gasteiger partial charge in [0.15, 0.2) is 11.5 Å². The Hall–Kier alpha value is -4.44. The molecule has 0 aromatic heterocycles. The van der Waals surface area contributed by atoms with E-state index in [0.717, 1.165) is 5.56 Å². The van der Waals surface area contributed by atoms with Crippen LogP contribution in [0.1, 0.15) is 28.4 Å². The van der Waals surface area contributed by atoms with Gasteiger partial charge in [0.25, 0.3) is 11.6 Å². The van der Waals surface area contributed by atoms with Gasteiger partial charge in [-0.25, -0.2) is 4.79 Å². The van der Waals surface area contributed by atoms with Gasteiger partial charge >= 0.3 is 5.97 Å². The van der Waals surface area contributed by atoms with Crippen LogP contribution in [-0.2, 0) is 16.1 Å². The molecule has 0 saturated carbocycles. The minimum Gasteiger partial charge on any atom is -0.493 e. The second kappa shape index (κ2) is 13.2. The van der Waals surface area contributed by atoms with Crippen LogP contribution in [-0.4, -0.2) is 30.5 Å². The summed E-state index contributed by atoms with van der Waals surface area (Å²) in [7, 11) is 1.47. The van der Waals surface area contributed by atoms with Crippen molar-refractivity contribution < 1.29 is 28.7 Å². The van der Waals surface area contributed by atoms with Crippen LogP contribution in [0.25, 0.3) is 6.08 Å². The summed E-state index contributed by atoms with van der Waals surface area (Å²) in [4.78, 5) is 34.8. The Kier molecular flexibility index (Phi) is 9.78. The van der Waals surface area contributed by atoms with Crippen LogP contribution < -0.4 is 14.8 Å². The maximum atomic E-state index is 12.7. The van der Waals surface area contributed by atoms with Crippen molar-refractivity contribution in [3.63, 3.8) is 0 Å². The molecule has 1 N–H and O–H groups in total. The van der Waals surface area contributed by atoms with Gasteiger partial charge in [0, 0.05) is 17.8 Å². The largest absolute Gasteiger partial charge is 0.493 e. The van der Waals surface area contributed by atoms with Gasteiger partial charge in [-0.1, -0.05) is 0 Å². The molecule has 3 aromatic carbocycles. The summed E-state index contributed by atoms with van der Waals surface area (Å²) in [6.45, 7) is 2.12. The monoisotopic (exact) mass is 627 g/mol. The van der Waals surface area contributed by atoms with E-state index in [1.807, 2.05) is 6.07 Å². The summed E-state index contributed by atoms with van der Waals surface area (Å²) in [5, 5.41) is 23.0. The summed E-state index contributed by atoms with van der Waals surface area (Å²) in [5.41, 5.74) is 1.87. The number of nitriles is 1. The molecule has 3 aromatic rings. The standard InChI is InChI=1S/C27H22IN3O7/c1-3-37-27(33)19-6-8-21(9-7-19)30-26(32)20(15-29)12-18-13-23(28)25(24(14-18)36-2)38-16-17-4-10-22(11-5-17)31(34)35/h4-14H,3,16H2,1-2H3,(H,30,32)/b20-12+. The number of ether oxygens (including phenoxy) is 3. The molecule has 0 aliphatic carbocycles. The number of amides is 1. The lowest BCUT2D eigenvalue weighted by Crippen LogP contribution is -2.13. The lowest BCUT2D eigenvalue weighted by molar-refractivity contribution is -0.384. The first kappa shape index (κ1) is 28.1. The minimum absolute atomic E-state index is 0.0110. The van der Waals surface area contributed by atoms with Crippen molar-refractivity contribution >= 4 is 51.9 Å². The molecular formula is C27H22IN3O7. The number of carbonyl (C=O) groups excluding carboxylic acids is 2. The molecule has 1 amide bonds. The highest BCUT2D eigenvalue weighted by molar-refractivity contribution is 14.1. The minimum atomic E-state index is -0.621. The predicted molar refractivity (Wildman–Crippen MR) is 148 cm³/mol. The zero-order chi connectivity index (χ0) is 27.7. The van der Waals surface area contributed by atoms with E-state index >= 15 is 0 Å². The van der Waals surface area contributed by atoms with E-state index in [2.05, 4.69) is 27.9 Å². The number of nitrogens with zero attached hydrogens (tertiary/aromatic N) is 2. The van der Waals surface area contributed by atoms with Crippen LogP contribution in [0.4, 0.5) is 11.4 Å². The zero-order valence-corrected chi connectivity index (χ0v) is 22.6. The Morgan fingerprint density at radius 1 is 1.13 bits per heavy atom. The van der Waals surface area contributed by atoms with E-state index in [0.29, 0.717) is 31.9 Å². The number of nitro benzene ring substituents is 1. The Labute approximate surface area is 232 Å². The van der Waals surface area contributed by atoms with Crippen LogP contribution in [0.5, 0.6) is 11.5 Å². The third-order valence-electron chi connectivity index (χ3n) is 5.11. The zero-order valence-electron chi connectivity index (χ0n) is 20.4. The number of hydrogen-bond acceptors (Lipinski definition) is 8. The average Bonchev–Trinajstić information content (AvgIpc) is 2.91. The summed E-state index contributed by atoms with van der Waals surface area (Å²) in [6, 6.07) is 17.4. The molecule has 194 valence electrons. The number of nitrogens with one attached hydrogen (secondary N) is 1. The number of anilines is 1. The van der Waals surface area contributed by atoms with Crippen LogP contribution in [0, 0.1) is 25.0 Å². The van der Waals surface area contributed by atoms with Gasteiger partial charge in [0.05, 0.1) is 27.8 Å². The van der Waals surface area contributed by atoms with Crippen LogP contribution in [0.15, 0.2) is 66.2 Å². The van der Waals surface area contributed by atoms with Crippen molar-refractivity contribution in [2.45, 2.75) is 13.5 Å². The van der Waals surface area contributed by atoms with Gasteiger partial charge in [0.2, 0.25) is 0 Å². The lowest BCUT2D eigenvalue weighted by atomic mass is 10.1. The number of nitro groups is 1. The SMILES string of the molecule is CCOC(=O)c1ccc(NC(=O)/C(C#N)=C/c2cc(I)c(OCc3ccc([N+](=O)[O-])cc3)c(OC)c2)cc1. The first-order valence-electron chi connectivity index (χ1n) is 11.2. The number of rotatable bonds is 10. The fourth-order valence-electron chi connectivity index (χ4n) is 3.25. The first-order chi connectivity index (χ1) is 18.2. The maximum absolute atomic E-state index is 12.7. The van der Waals surface area contributed by atoms with E-state index in [9.17, 15) is 25.0 Å². The molecule has 0 heterocycles. The molecule has 38 heavy (non-hydrogen) atoms. The van der Waals surface area contributed by atoms with E-state index < -0.39 is 16.8 Å². The second-order valence-corrected chi connectivity index (χ2v) is 8.83. The van der Waals surface area contributed by atoms with Gasteiger partial charge in [-0.15, -0.1) is 0 Å². The summed E-state index contributed by atoms with van der Waals surface area (Å²) in [6.07, 6.45) is 1.42. The molecule has 0 radical (unpaired) electrons. The third-order valence-corrected chi connectivity index (χ3v) is 5.91. The van der Waals surface area contributed by atoms with E-state index in [4.69, 9.17) is 14.2 Å². The molecule has 0 unspecified atom stereocenters. The Morgan fingerprint density at radius 2 is 1.82 bits per heavy atom. The van der Waals surface area contributed by atoms with Crippen molar-refractivity contribution in [1.82, 2.24) is 0 Å². The van der Waals surface area contributed by atoms with Crippen molar-refractivity contribution in [3.8, 4) is 17.6 Å². The summed E-state index contributed by atoms with van der Waals surface area (Å²) >= 11 is 2.06. The molecular weight excluding hydrogens is 605 g/mol. The highest BCUT2D eigenvalue weighted by Crippen LogP contribution is 2.35. The lowest BCUT2D eigenvalue weighted by Gasteiger charge is -2.14. The fourth-order valence-corrected chi connectivity index (χ4v) is 4.03. The smallest absolute Gasteiger partial charge is 0.338 e. The van der Waals surface area contributed by atoms with Crippen LogP contribution in [0.3, 0.4) is 0 Å². The van der Waals surface area contributed by atoms with Gasteiger partial charge in [-0.2, -0.15) is 5.26 Å². The molecule has 3 rings (SSSR count). The van der Waals surface area contributed by atoms with Crippen molar-refractivity contribution in [3.05, 3.63) is 96.6 Å². The number of methoxy groups -OCH3 is 1. The molecule has 0 bridgehead atoms. The molecule has 0 saturated heterocycles. The van der Waals surface area contributed by atoms with Crippen molar-refractivity contribution in [1.29, 1.82) is 5.26 Å². The van der Waals surface area contributed by atoms with E-state index in [-0.39, 0.29) is 24.5 Å². The third kappa shape index (κ3) is 7.30. The molecule has 11 heteroatoms. The molecule has 0 spiro atoms. The quantitative estimate of drug-likeness (QED) is 0.0775. The van der Waals surface area contributed by atoms with Gasteiger partial charge in [-0.3, -0.25) is 14.9 Å². The highest BCUT2D eigenvalue weighted by atomic mass is 127. The number of carbonyl (C=O) groups is 2. The highest BCUT2D eigenvalue weighted by Gasteiger charge is 2.15. The first-order valence-corrected chi connectivity index (χ1v) is 12.3. The molecule has 0 fully saturated rings. The summed E-state index contributed by atoms with van der Waals surface area (Å²) in [5.74, 6) is -0.249. The topological polar surface area (TPSA) is 141 Å². The number of hydrogen-bond donors (Lipinski definition) is 1. The fraction of sp³-hybridized carbons (Fsp3) is 0.148. The van der Waals surface area contributed by atoms with Gasteiger partial charge in [-0.05, 0) is 95.2 Å². The van der Waals surface area contributed by atoms with Crippen molar-refractivity contribution in [2.24, 2.45) is 0 Å². The Morgan fingerprint density at radius 3 is 2.39 bits per heavy atom. The van der Waals surface area contributed by atoms with Gasteiger partial charge < -0.3 is 19.5 Å². The second-order valence-electron chi connectivity index (χ2n) is 7.67. The molecule has 0 atom stereocenters. The van der Waals surface area contributed by atoms with Crippen LogP contribution >= 0.6 is 22.6 Å². The van der Waals surface area contributed by atoms with Crippen molar-refractivity contribution in [2.75, 3.05) is 19.0 Å². The van der Waals surface area contributed by atoms with E-state index in [1.165, 1.54) is 37.5 Å². The number of benzene rings is 3. The Bertz CT molecular complexity index is 1410. The molecule has 0 aliphatic heterocycles. The molecule has 10 nitrogen and oxygen atoms in total. The predicted octanol–water partition coefficient (Wildman–Crippen LogP) is 5.51. The summed E-state index contributed by atoms with van der Waals surface area (Å²) < 4.78 is 17.0. The number of non-ortho nitro benzene ring substituents is 1. The number of esters is 1. The Balaban J connectivity index is 1.74. The van der Waals surface area contributed by atoms with Gasteiger partial charge in [0.1, 0.15) is 18.2 Å².